The molecule has 346 valence electrons. The largest absolute Gasteiger partial charge is 0.462 e. The third kappa shape index (κ3) is 46.6. The van der Waals surface area contributed by atoms with Crippen molar-refractivity contribution in [1.82, 2.24) is 0 Å². The van der Waals surface area contributed by atoms with Crippen molar-refractivity contribution in [2.24, 2.45) is 0 Å². The molecule has 0 aliphatic rings. The van der Waals surface area contributed by atoms with E-state index in [9.17, 15) is 14.4 Å². The smallest absolute Gasteiger partial charge is 0.306 e. The standard InChI is InChI=1S/C56H86O6/c1-4-7-10-13-16-19-22-25-28-31-34-37-40-43-46-49-55(58)61-52-53(51-60-54(57)48-45-42-39-36-33-30-27-24-21-18-15-12-9-6-3)62-56(59)50-47-44-41-38-35-32-29-26-23-20-17-14-11-8-5-2/h7-14,16-23,25-30,53H,4-6,15,24,31-52H2,1-3H3/b10-7-,11-8-,12-9-,16-13-,17-14-,21-18-,22-19-,23-20-,28-25-,29-26-,30-27-. The minimum absolute atomic E-state index is 0.113. The van der Waals surface area contributed by atoms with Gasteiger partial charge in [0.05, 0.1) is 0 Å². The third-order valence-corrected chi connectivity index (χ3v) is 9.57. The van der Waals surface area contributed by atoms with Gasteiger partial charge in [0.2, 0.25) is 0 Å². The van der Waals surface area contributed by atoms with Crippen LogP contribution in [0.15, 0.2) is 134 Å². The van der Waals surface area contributed by atoms with E-state index in [4.69, 9.17) is 14.2 Å². The molecule has 0 rings (SSSR count). The number of ether oxygens (including phenoxy) is 3. The summed E-state index contributed by atoms with van der Waals surface area (Å²) < 4.78 is 16.7. The highest BCUT2D eigenvalue weighted by molar-refractivity contribution is 5.71. The molecule has 6 heteroatoms. The van der Waals surface area contributed by atoms with Crippen LogP contribution in [0, 0.1) is 0 Å². The van der Waals surface area contributed by atoms with Gasteiger partial charge in [-0.25, -0.2) is 0 Å². The van der Waals surface area contributed by atoms with Crippen molar-refractivity contribution in [3.63, 3.8) is 0 Å². The third-order valence-electron chi connectivity index (χ3n) is 9.57. The summed E-state index contributed by atoms with van der Waals surface area (Å²) in [5.41, 5.74) is 0. The maximum Gasteiger partial charge on any atom is 0.306 e. The van der Waals surface area contributed by atoms with E-state index in [0.29, 0.717) is 12.8 Å². The lowest BCUT2D eigenvalue weighted by Crippen LogP contribution is -2.30. The van der Waals surface area contributed by atoms with Gasteiger partial charge in [-0.05, 0) is 89.9 Å². The Bertz CT molecular complexity index is 1400. The van der Waals surface area contributed by atoms with Crippen LogP contribution in [0.5, 0.6) is 0 Å². The Hall–Kier alpha value is -4.45. The van der Waals surface area contributed by atoms with Crippen molar-refractivity contribution >= 4 is 17.9 Å². The average Bonchev–Trinajstić information content (AvgIpc) is 3.27. The van der Waals surface area contributed by atoms with Crippen LogP contribution >= 0.6 is 0 Å². The normalized spacial score (nSPS) is 13.3. The van der Waals surface area contributed by atoms with Crippen molar-refractivity contribution in [3.8, 4) is 0 Å². The fourth-order valence-electron chi connectivity index (χ4n) is 6.00. The van der Waals surface area contributed by atoms with Gasteiger partial charge in [-0.2, -0.15) is 0 Å². The molecule has 0 fully saturated rings. The lowest BCUT2D eigenvalue weighted by atomic mass is 10.1. The van der Waals surface area contributed by atoms with E-state index in [2.05, 4.69) is 106 Å². The monoisotopic (exact) mass is 855 g/mol. The number of allylic oxidation sites excluding steroid dienone is 22. The molecule has 0 aromatic heterocycles. The van der Waals surface area contributed by atoms with Gasteiger partial charge >= 0.3 is 17.9 Å². The maximum absolute atomic E-state index is 12.8. The summed E-state index contributed by atoms with van der Waals surface area (Å²) in [5.74, 6) is -0.993. The molecule has 1 atom stereocenters. The molecular formula is C56H86O6. The predicted molar refractivity (Wildman–Crippen MR) is 265 cm³/mol. The predicted octanol–water partition coefficient (Wildman–Crippen LogP) is 15.9. The quantitative estimate of drug-likeness (QED) is 0.0200. The number of hydrogen-bond donors (Lipinski definition) is 0. The number of esters is 3. The van der Waals surface area contributed by atoms with E-state index in [-0.39, 0.29) is 37.5 Å². The lowest BCUT2D eigenvalue weighted by Gasteiger charge is -2.18. The van der Waals surface area contributed by atoms with Crippen molar-refractivity contribution in [2.75, 3.05) is 13.2 Å². The summed E-state index contributed by atoms with van der Waals surface area (Å²) in [7, 11) is 0. The van der Waals surface area contributed by atoms with Crippen molar-refractivity contribution in [2.45, 2.75) is 187 Å². The molecule has 1 unspecified atom stereocenters. The molecule has 0 N–H and O–H groups in total. The van der Waals surface area contributed by atoms with Crippen LogP contribution in [0.25, 0.3) is 0 Å². The summed E-state index contributed by atoms with van der Waals surface area (Å²) in [6, 6.07) is 0. The molecule has 0 aliphatic heterocycles. The summed E-state index contributed by atoms with van der Waals surface area (Å²) >= 11 is 0. The Labute approximate surface area is 379 Å². The number of rotatable bonds is 41. The van der Waals surface area contributed by atoms with Gasteiger partial charge in [-0.3, -0.25) is 14.4 Å². The van der Waals surface area contributed by atoms with Crippen LogP contribution in [0.2, 0.25) is 0 Å². The highest BCUT2D eigenvalue weighted by Crippen LogP contribution is 2.12. The zero-order valence-corrected chi connectivity index (χ0v) is 39.3. The van der Waals surface area contributed by atoms with Crippen LogP contribution in [-0.4, -0.2) is 37.2 Å². The van der Waals surface area contributed by atoms with E-state index in [0.717, 1.165) is 141 Å². The van der Waals surface area contributed by atoms with Crippen LogP contribution < -0.4 is 0 Å². The van der Waals surface area contributed by atoms with Crippen LogP contribution in [0.3, 0.4) is 0 Å². The first-order chi connectivity index (χ1) is 30.5. The Morgan fingerprint density at radius 2 is 0.661 bits per heavy atom. The fourth-order valence-corrected chi connectivity index (χ4v) is 6.00. The average molecular weight is 855 g/mol. The van der Waals surface area contributed by atoms with Crippen LogP contribution in [0.4, 0.5) is 0 Å². The number of unbranched alkanes of at least 4 members (excludes halogenated alkanes) is 14. The molecule has 0 heterocycles. The highest BCUT2D eigenvalue weighted by atomic mass is 16.6. The first kappa shape index (κ1) is 57.5. The van der Waals surface area contributed by atoms with Gasteiger partial charge in [0.1, 0.15) is 13.2 Å². The summed E-state index contributed by atoms with van der Waals surface area (Å²) in [4.78, 5) is 37.9. The second-order valence-corrected chi connectivity index (χ2v) is 15.4. The first-order valence-electron chi connectivity index (χ1n) is 24.3. The molecule has 0 aromatic rings. The van der Waals surface area contributed by atoms with E-state index in [1.165, 1.54) is 0 Å². The number of carbonyl (C=O) groups excluding carboxylic acids is 3. The molecular weight excluding hydrogens is 769 g/mol. The Morgan fingerprint density at radius 3 is 1.10 bits per heavy atom. The van der Waals surface area contributed by atoms with E-state index in [1.807, 2.05) is 48.6 Å². The van der Waals surface area contributed by atoms with Gasteiger partial charge in [0.25, 0.3) is 0 Å². The molecule has 62 heavy (non-hydrogen) atoms. The van der Waals surface area contributed by atoms with Crippen LogP contribution in [-0.2, 0) is 28.6 Å². The molecule has 0 amide bonds. The number of carbonyl (C=O) groups is 3. The molecule has 0 spiro atoms. The Kier molecular flexibility index (Phi) is 45.7. The van der Waals surface area contributed by atoms with Gasteiger partial charge in [0.15, 0.2) is 6.10 Å². The van der Waals surface area contributed by atoms with Crippen molar-refractivity contribution < 1.29 is 28.6 Å². The van der Waals surface area contributed by atoms with E-state index < -0.39 is 6.10 Å². The molecule has 0 bridgehead atoms. The SMILES string of the molecule is CC\C=C/C=C\C=C/C=C\CCCCCCCC(=O)OCC(COC(=O)CCCCCC/C=C\C/C=C\C/C=C\CC)OC(=O)CCCCCCC\C=C/C=C\C=C/C=C\CC. The van der Waals surface area contributed by atoms with Crippen LogP contribution in [0.1, 0.15) is 181 Å². The van der Waals surface area contributed by atoms with Gasteiger partial charge in [-0.1, -0.05) is 206 Å². The minimum Gasteiger partial charge on any atom is -0.462 e. The Morgan fingerprint density at radius 1 is 0.339 bits per heavy atom. The molecule has 0 aromatic carbocycles. The van der Waals surface area contributed by atoms with E-state index in [1.54, 1.807) is 0 Å². The second kappa shape index (κ2) is 49.2. The van der Waals surface area contributed by atoms with Crippen molar-refractivity contribution in [1.29, 1.82) is 0 Å². The minimum atomic E-state index is -0.814. The molecule has 0 saturated carbocycles. The molecule has 0 saturated heterocycles. The van der Waals surface area contributed by atoms with E-state index >= 15 is 0 Å². The summed E-state index contributed by atoms with van der Waals surface area (Å²) in [6.07, 6.45) is 68.5. The topological polar surface area (TPSA) is 78.9 Å². The van der Waals surface area contributed by atoms with Gasteiger partial charge in [0, 0.05) is 19.3 Å². The fraction of sp³-hybridized carbons (Fsp3) is 0.554. The molecule has 0 aliphatic carbocycles. The van der Waals surface area contributed by atoms with Gasteiger partial charge < -0.3 is 14.2 Å². The van der Waals surface area contributed by atoms with Crippen molar-refractivity contribution in [3.05, 3.63) is 134 Å². The molecule has 0 radical (unpaired) electrons. The zero-order valence-electron chi connectivity index (χ0n) is 39.3. The highest BCUT2D eigenvalue weighted by Gasteiger charge is 2.19. The number of hydrogen-bond acceptors (Lipinski definition) is 6. The Balaban J connectivity index is 4.55. The summed E-state index contributed by atoms with van der Waals surface area (Å²) in [5, 5.41) is 0. The molecule has 6 nitrogen and oxygen atoms in total. The lowest BCUT2D eigenvalue weighted by molar-refractivity contribution is -0.167. The zero-order chi connectivity index (χ0) is 45.1. The second-order valence-electron chi connectivity index (χ2n) is 15.4. The van der Waals surface area contributed by atoms with Gasteiger partial charge in [-0.15, -0.1) is 0 Å². The summed E-state index contributed by atoms with van der Waals surface area (Å²) in [6.45, 7) is 6.16. The maximum atomic E-state index is 12.8. The first-order valence-corrected chi connectivity index (χ1v) is 24.3.